The lowest BCUT2D eigenvalue weighted by Crippen LogP contribution is -2.36. The highest BCUT2D eigenvalue weighted by atomic mass is 16.5. The third-order valence-electron chi connectivity index (χ3n) is 2.46. The molecule has 0 saturated carbocycles. The van der Waals surface area contributed by atoms with E-state index in [1.54, 1.807) is 0 Å². The number of hydrazine groups is 1. The average Bonchev–Trinajstić information content (AvgIpc) is 2.25. The lowest BCUT2D eigenvalue weighted by molar-refractivity contribution is -0.132. The Morgan fingerprint density at radius 1 is 1.41 bits per heavy atom. The molecule has 0 spiro atoms. The van der Waals surface area contributed by atoms with Crippen molar-refractivity contribution in [3.63, 3.8) is 0 Å². The number of hydrogen-bond acceptors (Lipinski definition) is 3. The van der Waals surface area contributed by atoms with Gasteiger partial charge in [0, 0.05) is 7.05 Å². The molecule has 1 aromatic rings. The molecule has 4 nitrogen and oxygen atoms in total. The van der Waals surface area contributed by atoms with E-state index in [4.69, 9.17) is 10.6 Å². The Kier molecular flexibility index (Phi) is 4.12. The molecule has 0 bridgehead atoms. The summed E-state index contributed by atoms with van der Waals surface area (Å²) in [6.45, 7) is 6.35. The summed E-state index contributed by atoms with van der Waals surface area (Å²) in [6, 6.07) is 7.75. The molecule has 0 unspecified atom stereocenters. The van der Waals surface area contributed by atoms with Gasteiger partial charge < -0.3 is 4.74 Å². The Bertz CT molecular complexity index is 395. The van der Waals surface area contributed by atoms with E-state index in [2.05, 4.69) is 20.8 Å². The quantitative estimate of drug-likeness (QED) is 0.493. The average molecular weight is 236 g/mol. The van der Waals surface area contributed by atoms with Gasteiger partial charge in [0.05, 0.1) is 0 Å². The molecule has 0 aliphatic carbocycles. The van der Waals surface area contributed by atoms with E-state index in [1.807, 2.05) is 24.3 Å². The van der Waals surface area contributed by atoms with Gasteiger partial charge in [-0.1, -0.05) is 32.9 Å². The molecule has 1 amide bonds. The number of amides is 1. The molecule has 0 aromatic heterocycles. The molecule has 0 heterocycles. The molecule has 0 aliphatic rings. The zero-order chi connectivity index (χ0) is 13.1. The maximum Gasteiger partial charge on any atom is 0.274 e. The van der Waals surface area contributed by atoms with Crippen molar-refractivity contribution in [2.45, 2.75) is 26.2 Å². The number of nitrogens with zero attached hydrogens (tertiary/aromatic N) is 1. The standard InChI is InChI=1S/C13H20N2O2/c1-13(2,3)10-6-5-7-11(8-10)17-9-12(16)15(4)14/h5-8H,9,14H2,1-4H3. The van der Waals surface area contributed by atoms with Gasteiger partial charge in [-0.2, -0.15) is 0 Å². The Balaban J connectivity index is 2.70. The van der Waals surface area contributed by atoms with Gasteiger partial charge in [-0.15, -0.1) is 0 Å². The molecule has 17 heavy (non-hydrogen) atoms. The monoisotopic (exact) mass is 236 g/mol. The zero-order valence-electron chi connectivity index (χ0n) is 10.9. The minimum absolute atomic E-state index is 0.0411. The van der Waals surface area contributed by atoms with E-state index in [-0.39, 0.29) is 17.9 Å². The van der Waals surface area contributed by atoms with E-state index in [0.717, 1.165) is 5.01 Å². The van der Waals surface area contributed by atoms with Crippen molar-refractivity contribution >= 4 is 5.91 Å². The number of hydrogen-bond donors (Lipinski definition) is 1. The van der Waals surface area contributed by atoms with Crippen molar-refractivity contribution in [1.29, 1.82) is 0 Å². The van der Waals surface area contributed by atoms with Crippen LogP contribution in [0.1, 0.15) is 26.3 Å². The van der Waals surface area contributed by atoms with Gasteiger partial charge in [-0.05, 0) is 23.1 Å². The van der Waals surface area contributed by atoms with Crippen molar-refractivity contribution in [1.82, 2.24) is 5.01 Å². The fraction of sp³-hybridized carbons (Fsp3) is 0.462. The van der Waals surface area contributed by atoms with Crippen LogP contribution in [0.25, 0.3) is 0 Å². The second kappa shape index (κ2) is 5.19. The Morgan fingerprint density at radius 3 is 2.59 bits per heavy atom. The van der Waals surface area contributed by atoms with Gasteiger partial charge in [0.1, 0.15) is 5.75 Å². The van der Waals surface area contributed by atoms with Crippen LogP contribution in [0.4, 0.5) is 0 Å². The Morgan fingerprint density at radius 2 is 2.06 bits per heavy atom. The smallest absolute Gasteiger partial charge is 0.274 e. The van der Waals surface area contributed by atoms with Crippen molar-refractivity contribution in [2.24, 2.45) is 5.84 Å². The molecule has 1 rings (SSSR count). The number of likely N-dealkylation sites (N-methyl/N-ethyl adjacent to an activating group) is 1. The van der Waals surface area contributed by atoms with Crippen LogP contribution in [0.2, 0.25) is 0 Å². The van der Waals surface area contributed by atoms with Gasteiger partial charge in [0.25, 0.3) is 5.91 Å². The molecule has 0 atom stereocenters. The topological polar surface area (TPSA) is 55.6 Å². The van der Waals surface area contributed by atoms with Crippen molar-refractivity contribution in [3.8, 4) is 5.75 Å². The maximum absolute atomic E-state index is 11.3. The molecular formula is C13H20N2O2. The van der Waals surface area contributed by atoms with E-state index < -0.39 is 0 Å². The fourth-order valence-electron chi connectivity index (χ4n) is 1.30. The van der Waals surface area contributed by atoms with E-state index in [1.165, 1.54) is 12.6 Å². The summed E-state index contributed by atoms with van der Waals surface area (Å²) >= 11 is 0. The molecule has 0 saturated heterocycles. The SMILES string of the molecule is CN(N)C(=O)COc1cccc(C(C)(C)C)c1. The first-order chi connectivity index (χ1) is 7.80. The predicted molar refractivity (Wildman–Crippen MR) is 67.6 cm³/mol. The molecular weight excluding hydrogens is 216 g/mol. The summed E-state index contributed by atoms with van der Waals surface area (Å²) in [6.07, 6.45) is 0. The number of benzene rings is 1. The summed E-state index contributed by atoms with van der Waals surface area (Å²) in [5.74, 6) is 5.73. The molecule has 4 heteroatoms. The van der Waals surface area contributed by atoms with Crippen molar-refractivity contribution in [3.05, 3.63) is 29.8 Å². The van der Waals surface area contributed by atoms with E-state index >= 15 is 0 Å². The van der Waals surface area contributed by atoms with Crippen LogP contribution in [0, 0.1) is 0 Å². The third-order valence-corrected chi connectivity index (χ3v) is 2.46. The largest absolute Gasteiger partial charge is 0.484 e. The lowest BCUT2D eigenvalue weighted by Gasteiger charge is -2.20. The lowest BCUT2D eigenvalue weighted by atomic mass is 9.87. The number of rotatable bonds is 3. The molecule has 0 aliphatic heterocycles. The van der Waals surface area contributed by atoms with Crippen LogP contribution in [-0.2, 0) is 10.2 Å². The predicted octanol–water partition coefficient (Wildman–Crippen LogP) is 1.69. The molecule has 2 N–H and O–H groups in total. The first-order valence-electron chi connectivity index (χ1n) is 5.55. The Labute approximate surface area is 102 Å². The summed E-state index contributed by atoms with van der Waals surface area (Å²) in [4.78, 5) is 11.3. The van der Waals surface area contributed by atoms with E-state index in [9.17, 15) is 4.79 Å². The first kappa shape index (κ1) is 13.5. The summed E-state index contributed by atoms with van der Waals surface area (Å²) in [7, 11) is 1.50. The highest BCUT2D eigenvalue weighted by Crippen LogP contribution is 2.25. The Hall–Kier alpha value is -1.55. The maximum atomic E-state index is 11.3. The zero-order valence-corrected chi connectivity index (χ0v) is 10.9. The number of carbonyl (C=O) groups is 1. The highest BCUT2D eigenvalue weighted by Gasteiger charge is 2.14. The molecule has 94 valence electrons. The number of ether oxygens (including phenoxy) is 1. The normalized spacial score (nSPS) is 11.1. The minimum atomic E-state index is -0.258. The second-order valence-electron chi connectivity index (χ2n) is 5.07. The number of carbonyl (C=O) groups excluding carboxylic acids is 1. The number of nitrogens with two attached hydrogens (primary N) is 1. The highest BCUT2D eigenvalue weighted by molar-refractivity contribution is 5.76. The van der Waals surface area contributed by atoms with Gasteiger partial charge in [0.2, 0.25) is 0 Å². The van der Waals surface area contributed by atoms with Gasteiger partial charge >= 0.3 is 0 Å². The first-order valence-corrected chi connectivity index (χ1v) is 5.55. The van der Waals surface area contributed by atoms with Crippen LogP contribution in [0.15, 0.2) is 24.3 Å². The van der Waals surface area contributed by atoms with Crippen LogP contribution in [-0.4, -0.2) is 24.6 Å². The fourth-order valence-corrected chi connectivity index (χ4v) is 1.30. The van der Waals surface area contributed by atoms with Crippen molar-refractivity contribution < 1.29 is 9.53 Å². The second-order valence-corrected chi connectivity index (χ2v) is 5.07. The van der Waals surface area contributed by atoms with Crippen LogP contribution < -0.4 is 10.6 Å². The molecule has 0 fully saturated rings. The van der Waals surface area contributed by atoms with Crippen molar-refractivity contribution in [2.75, 3.05) is 13.7 Å². The van der Waals surface area contributed by atoms with Crippen LogP contribution >= 0.6 is 0 Å². The summed E-state index contributed by atoms with van der Waals surface area (Å²) in [5.41, 5.74) is 1.23. The third kappa shape index (κ3) is 4.07. The van der Waals surface area contributed by atoms with Gasteiger partial charge in [0.15, 0.2) is 6.61 Å². The molecule has 0 radical (unpaired) electrons. The van der Waals surface area contributed by atoms with Crippen LogP contribution in [0.5, 0.6) is 5.75 Å². The molecule has 1 aromatic carbocycles. The van der Waals surface area contributed by atoms with Gasteiger partial charge in [-0.3, -0.25) is 9.80 Å². The summed E-state index contributed by atoms with van der Waals surface area (Å²) < 4.78 is 5.39. The van der Waals surface area contributed by atoms with E-state index in [0.29, 0.717) is 5.75 Å². The van der Waals surface area contributed by atoms with Gasteiger partial charge in [-0.25, -0.2) is 5.84 Å². The summed E-state index contributed by atoms with van der Waals surface area (Å²) in [5, 5.41) is 1.02. The minimum Gasteiger partial charge on any atom is -0.484 e. The van der Waals surface area contributed by atoms with Crippen LogP contribution in [0.3, 0.4) is 0 Å².